The molecule has 0 radical (unpaired) electrons. The molecule has 0 saturated carbocycles. The van der Waals surface area contributed by atoms with Crippen LogP contribution in [0.1, 0.15) is 24.8 Å². The topological polar surface area (TPSA) is 69.2 Å². The minimum Gasteiger partial charge on any atom is -0.306 e. The third-order valence-corrected chi connectivity index (χ3v) is 5.24. The van der Waals surface area contributed by atoms with E-state index in [1.54, 1.807) is 6.20 Å². The van der Waals surface area contributed by atoms with Gasteiger partial charge in [-0.25, -0.2) is 11.6 Å². The van der Waals surface area contributed by atoms with E-state index in [2.05, 4.69) is 42.0 Å². The Balaban J connectivity index is 2.12. The van der Waals surface area contributed by atoms with Crippen molar-refractivity contribution in [3.8, 4) is 6.07 Å². The summed E-state index contributed by atoms with van der Waals surface area (Å²) in [5.41, 5.74) is 2.83. The van der Waals surface area contributed by atoms with Crippen molar-refractivity contribution in [1.82, 2.24) is 10.2 Å². The lowest BCUT2D eigenvalue weighted by Gasteiger charge is -2.30. The van der Waals surface area contributed by atoms with Gasteiger partial charge in [0.15, 0.2) is 5.82 Å². The molecule has 1 aromatic heterocycles. The number of hydrogen-bond donors (Lipinski definition) is 1. The zero-order valence-electron chi connectivity index (χ0n) is 12.0. The van der Waals surface area contributed by atoms with Crippen LogP contribution >= 0.6 is 15.9 Å². The van der Waals surface area contributed by atoms with Crippen molar-refractivity contribution in [3.05, 3.63) is 47.0 Å². The predicted octanol–water partition coefficient (Wildman–Crippen LogP) is 3.68. The molecule has 6 heteroatoms. The number of H-pyrrole nitrogens is 1. The number of aromatic amines is 1. The zero-order chi connectivity index (χ0) is 15.7. The highest BCUT2D eigenvalue weighted by atomic mass is 79.9. The molecule has 4 unspecified atom stereocenters. The molecule has 0 spiro atoms. The third kappa shape index (κ3) is 2.20. The lowest BCUT2D eigenvalue weighted by atomic mass is 9.77. The Bertz CT molecular complexity index is 758. The highest BCUT2D eigenvalue weighted by Gasteiger charge is 2.43. The van der Waals surface area contributed by atoms with Gasteiger partial charge < -0.3 is 4.85 Å². The number of allylic oxidation sites excluding steroid dienone is 3. The van der Waals surface area contributed by atoms with Gasteiger partial charge in [-0.3, -0.25) is 5.10 Å². The lowest BCUT2D eigenvalue weighted by Crippen LogP contribution is -2.33. The van der Waals surface area contributed by atoms with Crippen LogP contribution in [0.2, 0.25) is 0 Å². The van der Waals surface area contributed by atoms with E-state index < -0.39 is 0 Å². The van der Waals surface area contributed by atoms with Crippen molar-refractivity contribution < 1.29 is 0 Å². The second-order valence-electron chi connectivity index (χ2n) is 5.29. The van der Waals surface area contributed by atoms with Gasteiger partial charge in [-0.2, -0.15) is 10.4 Å². The van der Waals surface area contributed by atoms with Crippen LogP contribution < -0.4 is 0 Å². The molecule has 2 heterocycles. The van der Waals surface area contributed by atoms with Crippen molar-refractivity contribution in [2.45, 2.75) is 30.1 Å². The zero-order valence-corrected chi connectivity index (χ0v) is 13.6. The number of alkyl halides is 1. The van der Waals surface area contributed by atoms with Gasteiger partial charge in [-0.15, -0.1) is 0 Å². The van der Waals surface area contributed by atoms with Crippen LogP contribution in [-0.2, 0) is 0 Å². The van der Waals surface area contributed by atoms with E-state index in [0.717, 1.165) is 29.1 Å². The van der Waals surface area contributed by atoms with Crippen LogP contribution in [0.15, 0.2) is 35.0 Å². The van der Waals surface area contributed by atoms with Crippen LogP contribution in [-0.4, -0.2) is 26.8 Å². The fourth-order valence-electron chi connectivity index (χ4n) is 3.04. The van der Waals surface area contributed by atoms with Gasteiger partial charge in [-0.05, 0) is 12.0 Å². The maximum atomic E-state index is 9.29. The summed E-state index contributed by atoms with van der Waals surface area (Å²) in [4.78, 5) is 8.27. The standard InChI is InChI=1S/C16H14BrN5/c1-3-12-15(19-2)13(11-8-20-22-16(11)21-12)10-6-4-5-9(7-18)14(10)17/h4-6,8-9,13-15H,3H2,1H3,(H,20,22). The van der Waals surface area contributed by atoms with Crippen LogP contribution in [0.4, 0.5) is 5.82 Å². The summed E-state index contributed by atoms with van der Waals surface area (Å²) >= 11 is 3.64. The van der Waals surface area contributed by atoms with Crippen LogP contribution in [0.25, 0.3) is 4.85 Å². The monoisotopic (exact) mass is 355 g/mol. The van der Waals surface area contributed by atoms with Crippen LogP contribution in [0, 0.1) is 23.8 Å². The first kappa shape index (κ1) is 14.7. The molecular weight excluding hydrogens is 342 g/mol. The molecule has 0 bridgehead atoms. The average Bonchev–Trinajstić information content (AvgIpc) is 3.01. The summed E-state index contributed by atoms with van der Waals surface area (Å²) in [5, 5.41) is 16.3. The molecular formula is C16H14BrN5. The molecule has 5 nitrogen and oxygen atoms in total. The number of rotatable bonds is 2. The quantitative estimate of drug-likeness (QED) is 0.649. The maximum Gasteiger partial charge on any atom is 0.272 e. The van der Waals surface area contributed by atoms with E-state index in [-0.39, 0.29) is 22.7 Å². The van der Waals surface area contributed by atoms with Gasteiger partial charge in [0.05, 0.1) is 28.9 Å². The molecule has 4 atom stereocenters. The number of fused-ring (bicyclic) bond motifs is 1. The number of aromatic nitrogens is 2. The molecule has 22 heavy (non-hydrogen) atoms. The van der Waals surface area contributed by atoms with Gasteiger partial charge in [0.1, 0.15) is 5.71 Å². The minimum absolute atomic E-state index is 0.101. The molecule has 0 amide bonds. The van der Waals surface area contributed by atoms with E-state index in [9.17, 15) is 5.26 Å². The van der Waals surface area contributed by atoms with Crippen molar-refractivity contribution in [1.29, 1.82) is 5.26 Å². The van der Waals surface area contributed by atoms with Crippen molar-refractivity contribution in [3.63, 3.8) is 0 Å². The SMILES string of the molecule is [C-]#[N+]C1C(CC)=Nc2[nH]ncc2C1C1=CC=CC(C#N)C1Br. The fourth-order valence-corrected chi connectivity index (χ4v) is 3.78. The van der Waals surface area contributed by atoms with E-state index in [1.165, 1.54) is 0 Å². The first-order chi connectivity index (χ1) is 10.7. The fraction of sp³-hybridized carbons (Fsp3) is 0.375. The Hall–Kier alpha value is -2.18. The second-order valence-corrected chi connectivity index (χ2v) is 6.28. The van der Waals surface area contributed by atoms with Crippen molar-refractivity contribution >= 4 is 27.5 Å². The smallest absolute Gasteiger partial charge is 0.272 e. The minimum atomic E-state index is -0.341. The Morgan fingerprint density at radius 1 is 1.55 bits per heavy atom. The van der Waals surface area contributed by atoms with Crippen molar-refractivity contribution in [2.24, 2.45) is 10.9 Å². The summed E-state index contributed by atoms with van der Waals surface area (Å²) in [7, 11) is 0. The molecule has 0 saturated heterocycles. The van der Waals surface area contributed by atoms with Gasteiger partial charge in [-0.1, -0.05) is 41.1 Å². The number of hydrogen-bond acceptors (Lipinski definition) is 3. The van der Waals surface area contributed by atoms with Crippen LogP contribution in [0.3, 0.4) is 0 Å². The van der Waals surface area contributed by atoms with Gasteiger partial charge in [0.25, 0.3) is 6.04 Å². The molecule has 2 aliphatic rings. The summed E-state index contributed by atoms with van der Waals surface area (Å²) < 4.78 is 0. The largest absolute Gasteiger partial charge is 0.306 e. The molecule has 110 valence electrons. The Kier molecular flexibility index (Phi) is 3.96. The van der Waals surface area contributed by atoms with Crippen molar-refractivity contribution in [2.75, 3.05) is 0 Å². The van der Waals surface area contributed by atoms with E-state index >= 15 is 0 Å². The summed E-state index contributed by atoms with van der Waals surface area (Å²) in [6.07, 6.45) is 8.25. The highest BCUT2D eigenvalue weighted by molar-refractivity contribution is 9.09. The average molecular weight is 356 g/mol. The summed E-state index contributed by atoms with van der Waals surface area (Å²) in [5.74, 6) is 0.375. The van der Waals surface area contributed by atoms with Gasteiger partial charge >= 0.3 is 0 Å². The molecule has 1 aliphatic carbocycles. The summed E-state index contributed by atoms with van der Waals surface area (Å²) in [6, 6.07) is 1.95. The van der Waals surface area contributed by atoms with E-state index in [1.807, 2.05) is 25.2 Å². The number of nitrogens with zero attached hydrogens (tertiary/aromatic N) is 4. The second kappa shape index (κ2) is 5.90. The Morgan fingerprint density at radius 3 is 3.05 bits per heavy atom. The molecule has 1 aromatic rings. The number of nitrogens with one attached hydrogen (secondary N) is 1. The molecule has 1 aliphatic heterocycles. The normalized spacial score (nSPS) is 29.8. The first-order valence-corrected chi connectivity index (χ1v) is 8.02. The van der Waals surface area contributed by atoms with E-state index in [0.29, 0.717) is 0 Å². The first-order valence-electron chi connectivity index (χ1n) is 7.10. The Labute approximate surface area is 137 Å². The highest BCUT2D eigenvalue weighted by Crippen LogP contribution is 2.44. The molecule has 3 rings (SSSR count). The van der Waals surface area contributed by atoms with Gasteiger partial charge in [0.2, 0.25) is 0 Å². The molecule has 0 aromatic carbocycles. The number of aliphatic imine (C=N–C) groups is 1. The van der Waals surface area contributed by atoms with E-state index in [4.69, 9.17) is 6.57 Å². The van der Waals surface area contributed by atoms with Gasteiger partial charge in [0, 0.05) is 5.56 Å². The summed E-state index contributed by atoms with van der Waals surface area (Å²) in [6.45, 7) is 9.63. The maximum absolute atomic E-state index is 9.29. The third-order valence-electron chi connectivity index (χ3n) is 4.15. The Morgan fingerprint density at radius 2 is 2.36 bits per heavy atom. The molecule has 1 N–H and O–H groups in total. The number of nitriles is 1. The molecule has 0 fully saturated rings. The number of halogens is 1. The predicted molar refractivity (Wildman–Crippen MR) is 88.1 cm³/mol. The van der Waals surface area contributed by atoms with Crippen LogP contribution in [0.5, 0.6) is 0 Å². The lowest BCUT2D eigenvalue weighted by molar-refractivity contribution is 0.691.